The summed E-state index contributed by atoms with van der Waals surface area (Å²) in [5.74, 6) is 0. The third-order valence-electron chi connectivity index (χ3n) is 1.45. The Kier molecular flexibility index (Phi) is 3.34. The number of halogens is 2. The summed E-state index contributed by atoms with van der Waals surface area (Å²) in [6.45, 7) is 0. The summed E-state index contributed by atoms with van der Waals surface area (Å²) >= 11 is 8.26. The standard InChI is InChI=1S/C6H3BrClNO5S/c7-4-1-3(9(10)11)2-5(8)6(4)15(12,13)14/h1-2H,(H,12,13,14). The number of hydrogen-bond donors (Lipinski definition) is 1. The van der Waals surface area contributed by atoms with Crippen LogP contribution in [0.25, 0.3) is 0 Å². The van der Waals surface area contributed by atoms with Crippen LogP contribution >= 0.6 is 27.5 Å². The van der Waals surface area contributed by atoms with Gasteiger partial charge in [0.1, 0.15) is 4.90 Å². The van der Waals surface area contributed by atoms with Gasteiger partial charge in [-0.1, -0.05) is 11.6 Å². The number of benzene rings is 1. The van der Waals surface area contributed by atoms with Crippen molar-refractivity contribution in [2.75, 3.05) is 0 Å². The number of rotatable bonds is 2. The smallest absolute Gasteiger partial charge is 0.282 e. The molecule has 0 saturated heterocycles. The van der Waals surface area contributed by atoms with E-state index in [1.165, 1.54) is 0 Å². The van der Waals surface area contributed by atoms with E-state index in [4.69, 9.17) is 16.2 Å². The quantitative estimate of drug-likeness (QED) is 0.512. The highest BCUT2D eigenvalue weighted by Crippen LogP contribution is 2.33. The molecule has 0 aliphatic rings. The second-order valence-electron chi connectivity index (χ2n) is 2.47. The van der Waals surface area contributed by atoms with Crippen LogP contribution in [0.1, 0.15) is 0 Å². The average Bonchev–Trinajstić information content (AvgIpc) is 1.99. The van der Waals surface area contributed by atoms with E-state index < -0.39 is 25.0 Å². The number of hydrogen-bond acceptors (Lipinski definition) is 4. The first-order valence-electron chi connectivity index (χ1n) is 3.34. The molecular weight excluding hydrogens is 313 g/mol. The second-order valence-corrected chi connectivity index (χ2v) is 5.09. The van der Waals surface area contributed by atoms with Crippen molar-refractivity contribution in [1.29, 1.82) is 0 Å². The summed E-state index contributed by atoms with van der Waals surface area (Å²) in [7, 11) is -4.51. The molecule has 1 N–H and O–H groups in total. The second kappa shape index (κ2) is 4.05. The van der Waals surface area contributed by atoms with Gasteiger partial charge >= 0.3 is 0 Å². The van der Waals surface area contributed by atoms with Crippen molar-refractivity contribution >= 4 is 43.3 Å². The Balaban J connectivity index is 3.55. The van der Waals surface area contributed by atoms with Crippen LogP contribution in [0.15, 0.2) is 21.5 Å². The molecule has 1 rings (SSSR count). The molecule has 1 aromatic rings. The molecule has 6 nitrogen and oxygen atoms in total. The fourth-order valence-corrected chi connectivity index (χ4v) is 3.19. The Morgan fingerprint density at radius 1 is 1.47 bits per heavy atom. The molecule has 0 unspecified atom stereocenters. The van der Waals surface area contributed by atoms with E-state index >= 15 is 0 Å². The fraction of sp³-hybridized carbons (Fsp3) is 0. The van der Waals surface area contributed by atoms with E-state index in [9.17, 15) is 18.5 Å². The molecule has 15 heavy (non-hydrogen) atoms. The molecule has 1 aromatic carbocycles. The summed E-state index contributed by atoms with van der Waals surface area (Å²) < 4.78 is 30.3. The van der Waals surface area contributed by atoms with Crippen LogP contribution in [-0.4, -0.2) is 17.9 Å². The van der Waals surface area contributed by atoms with Gasteiger partial charge in [-0.3, -0.25) is 14.7 Å². The Morgan fingerprint density at radius 2 is 2.00 bits per heavy atom. The Bertz CT molecular complexity index is 505. The van der Waals surface area contributed by atoms with Gasteiger partial charge in [-0.2, -0.15) is 8.42 Å². The van der Waals surface area contributed by atoms with Crippen LogP contribution in [0.2, 0.25) is 5.02 Å². The lowest BCUT2D eigenvalue weighted by Gasteiger charge is -2.03. The van der Waals surface area contributed by atoms with E-state index in [2.05, 4.69) is 15.9 Å². The molecule has 0 aromatic heterocycles. The lowest BCUT2D eigenvalue weighted by atomic mass is 10.3. The molecule has 0 radical (unpaired) electrons. The van der Waals surface area contributed by atoms with Crippen molar-refractivity contribution in [3.63, 3.8) is 0 Å². The number of non-ortho nitro benzene ring substituents is 1. The molecule has 0 aliphatic carbocycles. The largest absolute Gasteiger partial charge is 0.297 e. The van der Waals surface area contributed by atoms with Gasteiger partial charge in [-0.05, 0) is 15.9 Å². The minimum atomic E-state index is -4.51. The Morgan fingerprint density at radius 3 is 2.33 bits per heavy atom. The molecule has 0 atom stereocenters. The first kappa shape index (κ1) is 12.4. The van der Waals surface area contributed by atoms with Gasteiger partial charge in [0.15, 0.2) is 0 Å². The minimum Gasteiger partial charge on any atom is -0.282 e. The molecule has 0 heterocycles. The Labute approximate surface area is 97.9 Å². The van der Waals surface area contributed by atoms with Gasteiger partial charge in [0, 0.05) is 16.6 Å². The van der Waals surface area contributed by atoms with Crippen molar-refractivity contribution in [2.24, 2.45) is 0 Å². The Hall–Kier alpha value is -0.700. The number of nitrogens with zero attached hydrogens (tertiary/aromatic N) is 1. The van der Waals surface area contributed by atoms with Crippen LogP contribution in [-0.2, 0) is 10.1 Å². The van der Waals surface area contributed by atoms with Gasteiger partial charge < -0.3 is 0 Å². The van der Waals surface area contributed by atoms with Crippen molar-refractivity contribution in [1.82, 2.24) is 0 Å². The monoisotopic (exact) mass is 315 g/mol. The molecule has 82 valence electrons. The molecule has 0 fully saturated rings. The van der Waals surface area contributed by atoms with Gasteiger partial charge in [-0.15, -0.1) is 0 Å². The van der Waals surface area contributed by atoms with Gasteiger partial charge in [0.2, 0.25) is 0 Å². The van der Waals surface area contributed by atoms with Crippen LogP contribution in [0.3, 0.4) is 0 Å². The van der Waals surface area contributed by atoms with E-state index in [1.807, 2.05) is 0 Å². The first-order valence-corrected chi connectivity index (χ1v) is 5.95. The zero-order valence-electron chi connectivity index (χ0n) is 6.85. The van der Waals surface area contributed by atoms with E-state index in [1.54, 1.807) is 0 Å². The highest BCUT2D eigenvalue weighted by Gasteiger charge is 2.22. The zero-order valence-corrected chi connectivity index (χ0v) is 10.0. The third-order valence-corrected chi connectivity index (χ3v) is 3.71. The van der Waals surface area contributed by atoms with Crippen molar-refractivity contribution in [3.8, 4) is 0 Å². The van der Waals surface area contributed by atoms with Crippen LogP contribution in [0.5, 0.6) is 0 Å². The van der Waals surface area contributed by atoms with Crippen LogP contribution in [0, 0.1) is 10.1 Å². The van der Waals surface area contributed by atoms with Crippen LogP contribution in [0.4, 0.5) is 5.69 Å². The maximum atomic E-state index is 10.8. The van der Waals surface area contributed by atoms with Gasteiger partial charge in [0.05, 0.1) is 9.95 Å². The highest BCUT2D eigenvalue weighted by molar-refractivity contribution is 9.10. The molecule has 0 saturated carbocycles. The summed E-state index contributed by atoms with van der Waals surface area (Å²) in [5.41, 5.74) is -0.376. The maximum absolute atomic E-state index is 10.8. The number of nitro groups is 1. The predicted molar refractivity (Wildman–Crippen MR) is 55.6 cm³/mol. The van der Waals surface area contributed by atoms with Crippen molar-refractivity contribution in [3.05, 3.63) is 31.7 Å². The highest BCUT2D eigenvalue weighted by atomic mass is 79.9. The zero-order chi connectivity index (χ0) is 11.8. The minimum absolute atomic E-state index is 0.163. The molecule has 0 spiro atoms. The predicted octanol–water partition coefficient (Wildman–Crippen LogP) is 2.26. The summed E-state index contributed by atoms with van der Waals surface area (Å²) in [6, 6.07) is 1.78. The molecule has 0 aliphatic heterocycles. The lowest BCUT2D eigenvalue weighted by Crippen LogP contribution is -2.01. The topological polar surface area (TPSA) is 97.5 Å². The van der Waals surface area contributed by atoms with E-state index in [0.717, 1.165) is 12.1 Å². The normalized spacial score (nSPS) is 11.4. The van der Waals surface area contributed by atoms with E-state index in [-0.39, 0.29) is 10.2 Å². The summed E-state index contributed by atoms with van der Waals surface area (Å²) in [4.78, 5) is 9.06. The summed E-state index contributed by atoms with van der Waals surface area (Å²) in [6.07, 6.45) is 0. The summed E-state index contributed by atoms with van der Waals surface area (Å²) in [5, 5.41) is 9.96. The molecular formula is C6H3BrClNO5S. The lowest BCUT2D eigenvalue weighted by molar-refractivity contribution is -0.385. The SMILES string of the molecule is O=[N+]([O-])c1cc(Cl)c(S(=O)(=O)O)c(Br)c1. The fourth-order valence-electron chi connectivity index (χ4n) is 0.898. The van der Waals surface area contributed by atoms with Crippen molar-refractivity contribution in [2.45, 2.75) is 4.90 Å². The van der Waals surface area contributed by atoms with Gasteiger partial charge in [-0.25, -0.2) is 0 Å². The van der Waals surface area contributed by atoms with E-state index in [0.29, 0.717) is 0 Å². The number of nitro benzene ring substituents is 1. The molecule has 0 amide bonds. The third kappa shape index (κ3) is 2.65. The average molecular weight is 317 g/mol. The van der Waals surface area contributed by atoms with Gasteiger partial charge in [0.25, 0.3) is 15.8 Å². The molecule has 0 bridgehead atoms. The molecule has 9 heteroatoms. The van der Waals surface area contributed by atoms with Crippen LogP contribution < -0.4 is 0 Å². The maximum Gasteiger partial charge on any atom is 0.297 e. The first-order chi connectivity index (χ1) is 6.73. The van der Waals surface area contributed by atoms with Crippen molar-refractivity contribution < 1.29 is 17.9 Å².